The summed E-state index contributed by atoms with van der Waals surface area (Å²) in [4.78, 5) is 15.1. The molecule has 1 rings (SSSR count). The molecule has 0 bridgehead atoms. The molecule has 0 aromatic heterocycles. The van der Waals surface area contributed by atoms with E-state index in [2.05, 4.69) is 0 Å². The van der Waals surface area contributed by atoms with Crippen LogP contribution in [0, 0.1) is 0 Å². The molecule has 0 atom stereocenters. The number of aliphatic hydroxyl groups excluding tert-OH is 1. The molecule has 0 aliphatic carbocycles. The molecule has 0 aromatic rings. The van der Waals surface area contributed by atoms with Gasteiger partial charge >= 0.3 is 6.09 Å². The molecule has 0 aromatic carbocycles. The minimum absolute atomic E-state index is 0.102. The van der Waals surface area contributed by atoms with Gasteiger partial charge in [0, 0.05) is 39.2 Å². The standard InChI is InChI=1S/C14H26F2N2O3/c1-13(2,3)21-12(20)18-8-6-17(7-9-18)11-14(15,16)5-4-10-19/h19H,4-11H2,1-3H3. The number of ether oxygens (including phenoxy) is 1. The van der Waals surface area contributed by atoms with Crippen molar-refractivity contribution in [1.82, 2.24) is 9.80 Å². The topological polar surface area (TPSA) is 53.0 Å². The Bertz CT molecular complexity index is 338. The minimum atomic E-state index is -2.79. The maximum absolute atomic E-state index is 13.6. The first-order valence-electron chi connectivity index (χ1n) is 7.32. The monoisotopic (exact) mass is 308 g/mol. The van der Waals surface area contributed by atoms with Crippen LogP contribution in [0.5, 0.6) is 0 Å². The van der Waals surface area contributed by atoms with Gasteiger partial charge < -0.3 is 14.7 Å². The van der Waals surface area contributed by atoms with E-state index < -0.39 is 17.6 Å². The van der Waals surface area contributed by atoms with Gasteiger partial charge in [-0.05, 0) is 27.2 Å². The first-order chi connectivity index (χ1) is 9.63. The van der Waals surface area contributed by atoms with Crippen molar-refractivity contribution in [2.75, 3.05) is 39.3 Å². The number of piperazine rings is 1. The highest BCUT2D eigenvalue weighted by molar-refractivity contribution is 5.68. The van der Waals surface area contributed by atoms with Gasteiger partial charge in [-0.25, -0.2) is 13.6 Å². The van der Waals surface area contributed by atoms with Crippen LogP contribution in [0.25, 0.3) is 0 Å². The van der Waals surface area contributed by atoms with E-state index in [4.69, 9.17) is 9.84 Å². The summed E-state index contributed by atoms with van der Waals surface area (Å²) in [6, 6.07) is 0. The molecular weight excluding hydrogens is 282 g/mol. The number of carbonyl (C=O) groups is 1. The Morgan fingerprint density at radius 3 is 2.24 bits per heavy atom. The van der Waals surface area contributed by atoms with E-state index in [0.717, 1.165) is 0 Å². The minimum Gasteiger partial charge on any atom is -0.444 e. The quantitative estimate of drug-likeness (QED) is 0.843. The Labute approximate surface area is 124 Å². The van der Waals surface area contributed by atoms with Gasteiger partial charge in [-0.3, -0.25) is 4.90 Å². The van der Waals surface area contributed by atoms with E-state index in [-0.39, 0.29) is 26.0 Å². The fourth-order valence-electron chi connectivity index (χ4n) is 2.16. The second-order valence-corrected chi connectivity index (χ2v) is 6.43. The van der Waals surface area contributed by atoms with Crippen molar-refractivity contribution < 1.29 is 23.4 Å². The Morgan fingerprint density at radius 2 is 1.76 bits per heavy atom. The first-order valence-corrected chi connectivity index (χ1v) is 7.32. The number of halogens is 2. The van der Waals surface area contributed by atoms with Gasteiger partial charge in [0.25, 0.3) is 5.92 Å². The highest BCUT2D eigenvalue weighted by atomic mass is 19.3. The molecule has 1 heterocycles. The van der Waals surface area contributed by atoms with Crippen molar-refractivity contribution in [2.45, 2.75) is 45.1 Å². The summed E-state index contributed by atoms with van der Waals surface area (Å²) in [5.74, 6) is -2.79. The number of rotatable bonds is 5. The van der Waals surface area contributed by atoms with E-state index in [1.54, 1.807) is 30.6 Å². The molecule has 0 radical (unpaired) electrons. The Balaban J connectivity index is 2.37. The van der Waals surface area contributed by atoms with E-state index in [1.807, 2.05) is 0 Å². The maximum atomic E-state index is 13.6. The number of nitrogens with zero attached hydrogens (tertiary/aromatic N) is 2. The lowest BCUT2D eigenvalue weighted by Gasteiger charge is -2.36. The lowest BCUT2D eigenvalue weighted by atomic mass is 10.1. The van der Waals surface area contributed by atoms with Crippen LogP contribution >= 0.6 is 0 Å². The third-order valence-electron chi connectivity index (χ3n) is 3.18. The smallest absolute Gasteiger partial charge is 0.410 e. The summed E-state index contributed by atoms with van der Waals surface area (Å²) >= 11 is 0. The van der Waals surface area contributed by atoms with E-state index >= 15 is 0 Å². The first kappa shape index (κ1) is 18.1. The Morgan fingerprint density at radius 1 is 1.19 bits per heavy atom. The fraction of sp³-hybridized carbons (Fsp3) is 0.929. The molecule has 0 saturated carbocycles. The molecule has 1 aliphatic heterocycles. The van der Waals surface area contributed by atoms with E-state index in [1.165, 1.54) is 0 Å². The molecular formula is C14H26F2N2O3. The second kappa shape index (κ2) is 7.35. The zero-order valence-corrected chi connectivity index (χ0v) is 13.1. The zero-order valence-electron chi connectivity index (χ0n) is 13.1. The Kier molecular flexibility index (Phi) is 6.34. The van der Waals surface area contributed by atoms with Crippen molar-refractivity contribution in [3.63, 3.8) is 0 Å². The highest BCUT2D eigenvalue weighted by Gasteiger charge is 2.33. The molecule has 1 N–H and O–H groups in total. The van der Waals surface area contributed by atoms with Gasteiger partial charge in [0.15, 0.2) is 0 Å². The van der Waals surface area contributed by atoms with Crippen LogP contribution < -0.4 is 0 Å². The zero-order chi connectivity index (χ0) is 16.1. The van der Waals surface area contributed by atoms with E-state index in [9.17, 15) is 13.6 Å². The predicted molar refractivity (Wildman–Crippen MR) is 75.5 cm³/mol. The van der Waals surface area contributed by atoms with Gasteiger partial charge in [0.1, 0.15) is 5.60 Å². The van der Waals surface area contributed by atoms with Crippen LogP contribution in [0.4, 0.5) is 13.6 Å². The van der Waals surface area contributed by atoms with Crippen LogP contribution in [-0.4, -0.2) is 71.9 Å². The van der Waals surface area contributed by atoms with Crippen molar-refractivity contribution in [3.05, 3.63) is 0 Å². The SMILES string of the molecule is CC(C)(C)OC(=O)N1CCN(CC(F)(F)CCCO)CC1. The van der Waals surface area contributed by atoms with Crippen molar-refractivity contribution in [1.29, 1.82) is 0 Å². The molecule has 1 amide bonds. The van der Waals surface area contributed by atoms with Crippen molar-refractivity contribution >= 4 is 6.09 Å². The average molecular weight is 308 g/mol. The number of hydrogen-bond donors (Lipinski definition) is 1. The number of amides is 1. The Hall–Kier alpha value is -0.950. The molecule has 1 aliphatic rings. The summed E-state index contributed by atoms with van der Waals surface area (Å²) in [5.41, 5.74) is -0.550. The molecule has 7 heteroatoms. The molecule has 5 nitrogen and oxygen atoms in total. The molecule has 0 unspecified atom stereocenters. The normalized spacial score (nSPS) is 17.9. The number of alkyl halides is 2. The summed E-state index contributed by atoms with van der Waals surface area (Å²) in [7, 11) is 0. The van der Waals surface area contributed by atoms with Crippen LogP contribution in [0.15, 0.2) is 0 Å². The summed E-state index contributed by atoms with van der Waals surface area (Å²) in [6.07, 6.45) is -0.602. The van der Waals surface area contributed by atoms with E-state index in [0.29, 0.717) is 26.2 Å². The third-order valence-corrected chi connectivity index (χ3v) is 3.18. The number of hydrogen-bond acceptors (Lipinski definition) is 4. The van der Waals surface area contributed by atoms with Gasteiger partial charge in [-0.2, -0.15) is 0 Å². The van der Waals surface area contributed by atoms with Crippen LogP contribution in [0.3, 0.4) is 0 Å². The lowest BCUT2D eigenvalue weighted by Crippen LogP contribution is -2.52. The average Bonchev–Trinajstić information content (AvgIpc) is 2.35. The maximum Gasteiger partial charge on any atom is 0.410 e. The second-order valence-electron chi connectivity index (χ2n) is 6.43. The van der Waals surface area contributed by atoms with Crippen LogP contribution in [-0.2, 0) is 4.74 Å². The number of carbonyl (C=O) groups excluding carboxylic acids is 1. The van der Waals surface area contributed by atoms with Gasteiger partial charge in [0.2, 0.25) is 0 Å². The van der Waals surface area contributed by atoms with Crippen molar-refractivity contribution in [3.8, 4) is 0 Å². The van der Waals surface area contributed by atoms with Gasteiger partial charge in [-0.15, -0.1) is 0 Å². The van der Waals surface area contributed by atoms with Crippen molar-refractivity contribution in [2.24, 2.45) is 0 Å². The lowest BCUT2D eigenvalue weighted by molar-refractivity contribution is -0.0527. The summed E-state index contributed by atoms with van der Waals surface area (Å²) in [6.45, 7) is 6.45. The van der Waals surface area contributed by atoms with Crippen LogP contribution in [0.2, 0.25) is 0 Å². The molecule has 21 heavy (non-hydrogen) atoms. The number of aliphatic hydroxyl groups is 1. The summed E-state index contributed by atoms with van der Waals surface area (Å²) < 4.78 is 32.5. The van der Waals surface area contributed by atoms with Gasteiger partial charge in [-0.1, -0.05) is 0 Å². The van der Waals surface area contributed by atoms with Crippen LogP contribution in [0.1, 0.15) is 33.6 Å². The molecule has 0 spiro atoms. The molecule has 1 saturated heterocycles. The predicted octanol–water partition coefficient (Wildman–Crippen LogP) is 1.95. The highest BCUT2D eigenvalue weighted by Crippen LogP contribution is 2.22. The summed E-state index contributed by atoms with van der Waals surface area (Å²) in [5, 5.41) is 8.62. The fourth-order valence-corrected chi connectivity index (χ4v) is 2.16. The largest absolute Gasteiger partial charge is 0.444 e. The van der Waals surface area contributed by atoms with Gasteiger partial charge in [0.05, 0.1) is 6.54 Å². The molecule has 124 valence electrons. The molecule has 1 fully saturated rings. The third kappa shape index (κ3) is 7.04.